The summed E-state index contributed by atoms with van der Waals surface area (Å²) in [5.74, 6) is 1.22. The zero-order chi connectivity index (χ0) is 12.7. The van der Waals surface area contributed by atoms with Crippen LogP contribution in [0.3, 0.4) is 0 Å². The fourth-order valence-corrected chi connectivity index (χ4v) is 2.02. The van der Waals surface area contributed by atoms with Gasteiger partial charge in [-0.15, -0.1) is 5.10 Å². The third-order valence-corrected chi connectivity index (χ3v) is 3.29. The maximum Gasteiger partial charge on any atom is 0.254 e. The summed E-state index contributed by atoms with van der Waals surface area (Å²) in [5.41, 5.74) is 2.07. The summed E-state index contributed by atoms with van der Waals surface area (Å²) in [7, 11) is 0. The number of H-pyrrole nitrogens is 1. The van der Waals surface area contributed by atoms with E-state index in [0.717, 1.165) is 24.4 Å². The number of aryl methyl sites for hydroxylation is 1. The van der Waals surface area contributed by atoms with Crippen molar-refractivity contribution in [2.75, 3.05) is 0 Å². The van der Waals surface area contributed by atoms with Crippen LogP contribution in [0.5, 0.6) is 0 Å². The lowest BCUT2D eigenvalue weighted by Gasteiger charge is -2.07. The second kappa shape index (κ2) is 4.04. The minimum absolute atomic E-state index is 0.0641. The quantitative estimate of drug-likeness (QED) is 0.882. The van der Waals surface area contributed by atoms with Gasteiger partial charge in [-0.3, -0.25) is 4.79 Å². The van der Waals surface area contributed by atoms with Crippen molar-refractivity contribution in [3.05, 3.63) is 27.9 Å². The highest BCUT2D eigenvalue weighted by Crippen LogP contribution is 2.38. The van der Waals surface area contributed by atoms with Crippen LogP contribution in [-0.2, 0) is 6.54 Å². The van der Waals surface area contributed by atoms with Crippen molar-refractivity contribution in [2.24, 2.45) is 0 Å². The van der Waals surface area contributed by atoms with Crippen molar-refractivity contribution in [3.63, 3.8) is 0 Å². The van der Waals surface area contributed by atoms with Crippen molar-refractivity contribution in [1.29, 1.82) is 0 Å². The molecular formula is C12H15N5O. The van der Waals surface area contributed by atoms with E-state index < -0.39 is 0 Å². The smallest absolute Gasteiger partial charge is 0.254 e. The Bertz CT molecular complexity index is 638. The third kappa shape index (κ3) is 1.73. The summed E-state index contributed by atoms with van der Waals surface area (Å²) in [6, 6.07) is 0. The molecule has 6 heteroatoms. The molecule has 2 aromatic rings. The normalized spacial score (nSPS) is 15.0. The van der Waals surface area contributed by atoms with Crippen LogP contribution >= 0.6 is 0 Å². The lowest BCUT2D eigenvalue weighted by molar-refractivity contribution is 0.630. The fraction of sp³-hybridized carbons (Fsp3) is 0.500. The summed E-state index contributed by atoms with van der Waals surface area (Å²) in [6.45, 7) is 4.48. The molecule has 1 aliphatic rings. The predicted molar refractivity (Wildman–Crippen MR) is 66.3 cm³/mol. The van der Waals surface area contributed by atoms with Crippen molar-refractivity contribution < 1.29 is 0 Å². The van der Waals surface area contributed by atoms with Crippen LogP contribution in [-0.4, -0.2) is 25.0 Å². The Kier molecular flexibility index (Phi) is 2.50. The van der Waals surface area contributed by atoms with Gasteiger partial charge in [-0.1, -0.05) is 5.21 Å². The molecule has 0 bridgehead atoms. The molecule has 0 atom stereocenters. The Morgan fingerprint density at radius 3 is 2.94 bits per heavy atom. The molecule has 0 aliphatic heterocycles. The molecule has 1 saturated carbocycles. The second-order valence-electron chi connectivity index (χ2n) is 4.63. The predicted octanol–water partition coefficient (Wildman–Crippen LogP) is 1.23. The molecule has 2 heterocycles. The molecule has 1 aliphatic carbocycles. The van der Waals surface area contributed by atoms with Crippen LogP contribution in [0.25, 0.3) is 11.4 Å². The number of aromatic amines is 1. The van der Waals surface area contributed by atoms with Crippen molar-refractivity contribution in [1.82, 2.24) is 25.0 Å². The van der Waals surface area contributed by atoms with Gasteiger partial charge < -0.3 is 4.98 Å². The van der Waals surface area contributed by atoms with Crippen LogP contribution in [0.1, 0.15) is 37.1 Å². The molecule has 94 valence electrons. The van der Waals surface area contributed by atoms with E-state index >= 15 is 0 Å². The molecule has 0 amide bonds. The summed E-state index contributed by atoms with van der Waals surface area (Å²) < 4.78 is 1.76. The second-order valence-corrected chi connectivity index (χ2v) is 4.63. The zero-order valence-electron chi connectivity index (χ0n) is 10.5. The Hall–Kier alpha value is -1.98. The first-order valence-electron chi connectivity index (χ1n) is 6.20. The van der Waals surface area contributed by atoms with Gasteiger partial charge in [0.05, 0.1) is 6.20 Å². The SMILES string of the molecule is CCn1nncc1-c1nc(C2CC2)[nH]c(=O)c1C. The average molecular weight is 245 g/mol. The van der Waals surface area contributed by atoms with Crippen molar-refractivity contribution in [2.45, 2.75) is 39.2 Å². The van der Waals surface area contributed by atoms with E-state index in [1.165, 1.54) is 0 Å². The van der Waals surface area contributed by atoms with E-state index in [9.17, 15) is 4.79 Å². The number of nitrogens with one attached hydrogen (secondary N) is 1. The van der Waals surface area contributed by atoms with Gasteiger partial charge in [0.1, 0.15) is 17.2 Å². The molecule has 1 fully saturated rings. The Labute approximate surface area is 104 Å². The Balaban J connectivity index is 2.18. The van der Waals surface area contributed by atoms with E-state index in [0.29, 0.717) is 23.7 Å². The molecule has 0 radical (unpaired) electrons. The number of hydrogen-bond donors (Lipinski definition) is 1. The highest BCUT2D eigenvalue weighted by molar-refractivity contribution is 5.57. The van der Waals surface area contributed by atoms with Gasteiger partial charge in [0, 0.05) is 18.0 Å². The van der Waals surface area contributed by atoms with Gasteiger partial charge in [-0.25, -0.2) is 9.67 Å². The highest BCUT2D eigenvalue weighted by atomic mass is 16.1. The van der Waals surface area contributed by atoms with Crippen molar-refractivity contribution >= 4 is 0 Å². The largest absolute Gasteiger partial charge is 0.310 e. The number of hydrogen-bond acceptors (Lipinski definition) is 4. The van der Waals surface area contributed by atoms with Crippen LogP contribution < -0.4 is 5.56 Å². The molecule has 2 aromatic heterocycles. The van der Waals surface area contributed by atoms with Gasteiger partial charge in [-0.2, -0.15) is 0 Å². The maximum absolute atomic E-state index is 11.9. The third-order valence-electron chi connectivity index (χ3n) is 3.29. The first-order valence-corrected chi connectivity index (χ1v) is 6.20. The lowest BCUT2D eigenvalue weighted by atomic mass is 10.2. The zero-order valence-corrected chi connectivity index (χ0v) is 10.5. The molecule has 1 N–H and O–H groups in total. The molecule has 0 spiro atoms. The fourth-order valence-electron chi connectivity index (χ4n) is 2.02. The molecule has 18 heavy (non-hydrogen) atoms. The van der Waals surface area contributed by atoms with E-state index in [4.69, 9.17) is 0 Å². The molecule has 0 unspecified atom stereocenters. The van der Waals surface area contributed by atoms with E-state index in [1.807, 2.05) is 6.92 Å². The van der Waals surface area contributed by atoms with E-state index in [-0.39, 0.29) is 5.56 Å². The van der Waals surface area contributed by atoms with Gasteiger partial charge in [-0.05, 0) is 26.7 Å². The minimum atomic E-state index is -0.0641. The maximum atomic E-state index is 11.9. The number of aromatic nitrogens is 5. The van der Waals surface area contributed by atoms with Gasteiger partial charge in [0.2, 0.25) is 0 Å². The summed E-state index contributed by atoms with van der Waals surface area (Å²) >= 11 is 0. The highest BCUT2D eigenvalue weighted by Gasteiger charge is 2.27. The summed E-state index contributed by atoms with van der Waals surface area (Å²) in [4.78, 5) is 19.4. The van der Waals surface area contributed by atoms with Gasteiger partial charge in [0.25, 0.3) is 5.56 Å². The first kappa shape index (κ1) is 11.1. The van der Waals surface area contributed by atoms with Crippen LogP contribution in [0.2, 0.25) is 0 Å². The molecule has 3 rings (SSSR count). The van der Waals surface area contributed by atoms with Crippen LogP contribution in [0, 0.1) is 6.92 Å². The van der Waals surface area contributed by atoms with E-state index in [2.05, 4.69) is 20.3 Å². The minimum Gasteiger partial charge on any atom is -0.310 e. The Morgan fingerprint density at radius 1 is 1.50 bits per heavy atom. The number of nitrogens with zero attached hydrogens (tertiary/aromatic N) is 4. The van der Waals surface area contributed by atoms with Gasteiger partial charge in [0.15, 0.2) is 0 Å². The van der Waals surface area contributed by atoms with Gasteiger partial charge >= 0.3 is 0 Å². The molecular weight excluding hydrogens is 230 g/mol. The molecule has 6 nitrogen and oxygen atoms in total. The standard InChI is InChI=1S/C12H15N5O/c1-3-17-9(6-13-16-17)10-7(2)12(18)15-11(14-10)8-4-5-8/h6,8H,3-5H2,1-2H3,(H,14,15,18). The summed E-state index contributed by atoms with van der Waals surface area (Å²) in [6.07, 6.45) is 3.88. The van der Waals surface area contributed by atoms with Crippen molar-refractivity contribution in [3.8, 4) is 11.4 Å². The van der Waals surface area contributed by atoms with Crippen LogP contribution in [0.15, 0.2) is 11.0 Å². The Morgan fingerprint density at radius 2 is 2.28 bits per heavy atom. The number of rotatable bonds is 3. The monoisotopic (exact) mass is 245 g/mol. The first-order chi connectivity index (χ1) is 8.70. The average Bonchev–Trinajstić information content (AvgIpc) is 3.11. The molecule has 0 saturated heterocycles. The summed E-state index contributed by atoms with van der Waals surface area (Å²) in [5, 5.41) is 7.88. The van der Waals surface area contributed by atoms with Crippen LogP contribution in [0.4, 0.5) is 0 Å². The molecule has 0 aromatic carbocycles. The lowest BCUT2D eigenvalue weighted by Crippen LogP contribution is -2.16. The topological polar surface area (TPSA) is 76.5 Å². The van der Waals surface area contributed by atoms with E-state index in [1.54, 1.807) is 17.8 Å².